The van der Waals surface area contributed by atoms with E-state index in [4.69, 9.17) is 5.11 Å². The Hall–Kier alpha value is -1.62. The van der Waals surface area contributed by atoms with E-state index in [1.807, 2.05) is 6.07 Å². The molecule has 1 rings (SSSR count). The predicted octanol–water partition coefficient (Wildman–Crippen LogP) is 1.47. The molecule has 1 aromatic heterocycles. The van der Waals surface area contributed by atoms with Crippen molar-refractivity contribution >= 4 is 11.7 Å². The summed E-state index contributed by atoms with van der Waals surface area (Å²) >= 11 is 0. The lowest BCUT2D eigenvalue weighted by atomic mass is 10.2. The molecule has 1 N–H and O–H groups in total. The Balaban J connectivity index is 2.94. The molecule has 0 radical (unpaired) electrons. The van der Waals surface area contributed by atoms with Gasteiger partial charge in [-0.1, -0.05) is 0 Å². The zero-order valence-electron chi connectivity index (χ0n) is 11.1. The van der Waals surface area contributed by atoms with E-state index in [0.29, 0.717) is 12.1 Å². The van der Waals surface area contributed by atoms with Crippen LogP contribution in [0, 0.1) is 0 Å². The molecule has 0 aliphatic carbocycles. The minimum absolute atomic E-state index is 0.151. The van der Waals surface area contributed by atoms with Gasteiger partial charge in [-0.05, 0) is 32.4 Å². The number of methoxy groups -OCH3 is 1. The third-order valence-electron chi connectivity index (χ3n) is 2.65. The van der Waals surface area contributed by atoms with Gasteiger partial charge in [-0.3, -0.25) is 0 Å². The molecule has 0 saturated heterocycles. The van der Waals surface area contributed by atoms with Crippen molar-refractivity contribution in [1.29, 1.82) is 0 Å². The molecule has 0 amide bonds. The maximum absolute atomic E-state index is 11.4. The fraction of sp³-hybridized carbons (Fsp3) is 0.538. The van der Waals surface area contributed by atoms with Crippen LogP contribution in [-0.2, 0) is 4.74 Å². The van der Waals surface area contributed by atoms with E-state index in [1.165, 1.54) is 7.11 Å². The summed E-state index contributed by atoms with van der Waals surface area (Å²) in [5.74, 6) is -0.442. The van der Waals surface area contributed by atoms with Gasteiger partial charge in [-0.15, -0.1) is 0 Å². The predicted molar refractivity (Wildman–Crippen MR) is 69.8 cm³/mol. The smallest absolute Gasteiger partial charge is 0.356 e. The Morgan fingerprint density at radius 2 is 2.28 bits per heavy atom. The van der Waals surface area contributed by atoms with Crippen LogP contribution < -0.4 is 4.90 Å². The molecule has 0 spiro atoms. The molecule has 0 aromatic carbocycles. The standard InChI is InChI=1S/C13H20N2O3/c1-10(2)15(7-4-8-16)11-5-6-14-12(9-11)13(17)18-3/h5-6,9-10,16H,4,7-8H2,1-3H3. The van der Waals surface area contributed by atoms with Crippen LogP contribution in [0.4, 0.5) is 5.69 Å². The first-order chi connectivity index (χ1) is 8.60. The average Bonchev–Trinajstić information content (AvgIpc) is 2.38. The SMILES string of the molecule is COC(=O)c1cc(N(CCCO)C(C)C)ccn1. The number of pyridine rings is 1. The van der Waals surface area contributed by atoms with Crippen LogP contribution in [0.3, 0.4) is 0 Å². The summed E-state index contributed by atoms with van der Waals surface area (Å²) in [7, 11) is 1.34. The number of aliphatic hydroxyl groups is 1. The Bertz CT molecular complexity index is 394. The number of carbonyl (C=O) groups excluding carboxylic acids is 1. The number of aromatic nitrogens is 1. The van der Waals surface area contributed by atoms with Crippen molar-refractivity contribution in [3.05, 3.63) is 24.0 Å². The highest BCUT2D eigenvalue weighted by molar-refractivity contribution is 5.88. The lowest BCUT2D eigenvalue weighted by molar-refractivity contribution is 0.0594. The van der Waals surface area contributed by atoms with Gasteiger partial charge in [0.1, 0.15) is 5.69 Å². The zero-order valence-corrected chi connectivity index (χ0v) is 11.1. The van der Waals surface area contributed by atoms with E-state index in [2.05, 4.69) is 28.5 Å². The van der Waals surface area contributed by atoms with Gasteiger partial charge < -0.3 is 14.7 Å². The summed E-state index contributed by atoms with van der Waals surface area (Å²) in [6.45, 7) is 5.02. The number of hydrogen-bond donors (Lipinski definition) is 1. The second-order valence-electron chi connectivity index (χ2n) is 4.26. The third-order valence-corrected chi connectivity index (χ3v) is 2.65. The summed E-state index contributed by atoms with van der Waals surface area (Å²) in [6, 6.07) is 3.84. The fourth-order valence-electron chi connectivity index (χ4n) is 1.74. The monoisotopic (exact) mass is 252 g/mol. The van der Waals surface area contributed by atoms with Crippen molar-refractivity contribution in [2.75, 3.05) is 25.2 Å². The largest absolute Gasteiger partial charge is 0.464 e. The molecule has 0 saturated carbocycles. The highest BCUT2D eigenvalue weighted by Gasteiger charge is 2.13. The van der Waals surface area contributed by atoms with Gasteiger partial charge in [-0.2, -0.15) is 0 Å². The molecular weight excluding hydrogens is 232 g/mol. The van der Waals surface area contributed by atoms with Crippen molar-refractivity contribution in [2.45, 2.75) is 26.3 Å². The maximum Gasteiger partial charge on any atom is 0.356 e. The number of esters is 1. The van der Waals surface area contributed by atoms with E-state index in [9.17, 15) is 4.79 Å². The van der Waals surface area contributed by atoms with Crippen molar-refractivity contribution in [1.82, 2.24) is 4.98 Å². The van der Waals surface area contributed by atoms with Gasteiger partial charge >= 0.3 is 5.97 Å². The van der Waals surface area contributed by atoms with Gasteiger partial charge in [0.05, 0.1) is 7.11 Å². The Morgan fingerprint density at radius 3 is 2.83 bits per heavy atom. The summed E-state index contributed by atoms with van der Waals surface area (Å²) < 4.78 is 4.65. The van der Waals surface area contributed by atoms with Gasteiger partial charge in [0.15, 0.2) is 0 Å². The Kier molecular flexibility index (Phi) is 5.58. The zero-order chi connectivity index (χ0) is 13.5. The first-order valence-electron chi connectivity index (χ1n) is 6.02. The molecule has 5 heteroatoms. The quantitative estimate of drug-likeness (QED) is 0.777. The molecule has 1 aromatic rings. The summed E-state index contributed by atoms with van der Waals surface area (Å²) in [5, 5.41) is 8.91. The number of aliphatic hydroxyl groups excluding tert-OH is 1. The minimum atomic E-state index is -0.442. The Morgan fingerprint density at radius 1 is 1.56 bits per heavy atom. The Labute approximate surface area is 107 Å². The van der Waals surface area contributed by atoms with Crippen molar-refractivity contribution in [2.24, 2.45) is 0 Å². The van der Waals surface area contributed by atoms with Crippen LogP contribution in [0.5, 0.6) is 0 Å². The number of nitrogens with zero attached hydrogens (tertiary/aromatic N) is 2. The molecule has 1 heterocycles. The maximum atomic E-state index is 11.4. The molecule has 100 valence electrons. The van der Waals surface area contributed by atoms with Crippen molar-refractivity contribution in [3.8, 4) is 0 Å². The molecule has 0 fully saturated rings. The van der Waals surface area contributed by atoms with Crippen LogP contribution in [-0.4, -0.2) is 42.4 Å². The topological polar surface area (TPSA) is 62.7 Å². The molecular formula is C13H20N2O3. The van der Waals surface area contributed by atoms with Crippen molar-refractivity contribution < 1.29 is 14.6 Å². The molecule has 5 nitrogen and oxygen atoms in total. The van der Waals surface area contributed by atoms with Gasteiger partial charge in [-0.25, -0.2) is 9.78 Å². The third kappa shape index (κ3) is 3.70. The second kappa shape index (κ2) is 6.96. The average molecular weight is 252 g/mol. The van der Waals surface area contributed by atoms with Crippen LogP contribution in [0.2, 0.25) is 0 Å². The van der Waals surface area contributed by atoms with E-state index < -0.39 is 5.97 Å². The lowest BCUT2D eigenvalue weighted by Crippen LogP contribution is -2.32. The lowest BCUT2D eigenvalue weighted by Gasteiger charge is -2.28. The van der Waals surface area contributed by atoms with Gasteiger partial charge in [0.25, 0.3) is 0 Å². The number of carbonyl (C=O) groups is 1. The minimum Gasteiger partial charge on any atom is -0.464 e. The van der Waals surface area contributed by atoms with Crippen molar-refractivity contribution in [3.63, 3.8) is 0 Å². The summed E-state index contributed by atoms with van der Waals surface area (Å²) in [5.41, 5.74) is 1.21. The second-order valence-corrected chi connectivity index (χ2v) is 4.26. The normalized spacial score (nSPS) is 10.5. The van der Waals surface area contributed by atoms with E-state index >= 15 is 0 Å². The van der Waals surface area contributed by atoms with Crippen LogP contribution in [0.15, 0.2) is 18.3 Å². The highest BCUT2D eigenvalue weighted by Crippen LogP contribution is 2.18. The van der Waals surface area contributed by atoms with E-state index in [1.54, 1.807) is 12.3 Å². The number of hydrogen-bond acceptors (Lipinski definition) is 5. The number of anilines is 1. The molecule has 0 bridgehead atoms. The highest BCUT2D eigenvalue weighted by atomic mass is 16.5. The van der Waals surface area contributed by atoms with Gasteiger partial charge in [0, 0.05) is 31.1 Å². The first-order valence-corrected chi connectivity index (χ1v) is 6.02. The molecule has 0 aliphatic heterocycles. The van der Waals surface area contributed by atoms with E-state index in [-0.39, 0.29) is 12.6 Å². The molecule has 18 heavy (non-hydrogen) atoms. The summed E-state index contributed by atoms with van der Waals surface area (Å²) in [4.78, 5) is 17.5. The first kappa shape index (κ1) is 14.4. The van der Waals surface area contributed by atoms with Crippen LogP contribution >= 0.6 is 0 Å². The van der Waals surface area contributed by atoms with Crippen LogP contribution in [0.25, 0.3) is 0 Å². The number of rotatable bonds is 6. The molecule has 0 atom stereocenters. The number of ether oxygens (including phenoxy) is 1. The van der Waals surface area contributed by atoms with E-state index in [0.717, 1.165) is 12.2 Å². The summed E-state index contributed by atoms with van der Waals surface area (Å²) in [6.07, 6.45) is 2.28. The fourth-order valence-corrected chi connectivity index (χ4v) is 1.74. The van der Waals surface area contributed by atoms with Gasteiger partial charge in [0.2, 0.25) is 0 Å². The molecule has 0 aliphatic rings. The molecule has 0 unspecified atom stereocenters. The van der Waals surface area contributed by atoms with Crippen LogP contribution in [0.1, 0.15) is 30.8 Å².